The molecule has 1 amide bonds. The molecule has 0 heterocycles. The van der Waals surface area contributed by atoms with Crippen molar-refractivity contribution >= 4 is 5.91 Å². The van der Waals surface area contributed by atoms with E-state index in [-0.39, 0.29) is 0 Å². The number of carbonyl (C=O) groups excluding carboxylic acids is 1. The van der Waals surface area contributed by atoms with Crippen LogP contribution in [-0.4, -0.2) is 11.9 Å². The van der Waals surface area contributed by atoms with Gasteiger partial charge in [-0.2, -0.15) is 0 Å². The molecule has 0 saturated heterocycles. The summed E-state index contributed by atoms with van der Waals surface area (Å²) >= 11 is 0. The monoisotopic (exact) mass is 223 g/mol. The van der Waals surface area contributed by atoms with Gasteiger partial charge in [-0.25, -0.2) is 0 Å². The van der Waals surface area contributed by atoms with Gasteiger partial charge >= 0.3 is 0 Å². The van der Waals surface area contributed by atoms with Crippen molar-refractivity contribution in [3.05, 3.63) is 0 Å². The molecule has 2 nitrogen and oxygen atoms in total. The van der Waals surface area contributed by atoms with E-state index in [1.807, 2.05) is 0 Å². The zero-order valence-electron chi connectivity index (χ0n) is 10.8. The highest BCUT2D eigenvalue weighted by Crippen LogP contribution is 2.35. The van der Waals surface area contributed by atoms with E-state index < -0.39 is 0 Å². The van der Waals surface area contributed by atoms with Crippen molar-refractivity contribution < 1.29 is 4.79 Å². The summed E-state index contributed by atoms with van der Waals surface area (Å²) in [4.78, 5) is 11.8. The molecule has 2 fully saturated rings. The first-order valence-corrected chi connectivity index (χ1v) is 6.88. The van der Waals surface area contributed by atoms with Gasteiger partial charge in [0.2, 0.25) is 5.91 Å². The molecule has 0 unspecified atom stereocenters. The molecule has 0 aromatic rings. The van der Waals surface area contributed by atoms with Gasteiger partial charge in [-0.15, -0.1) is 0 Å². The minimum atomic E-state index is 0.324. The predicted octanol–water partition coefficient (Wildman–Crippen LogP) is 2.97. The van der Waals surface area contributed by atoms with Gasteiger partial charge in [-0.05, 0) is 43.4 Å². The van der Waals surface area contributed by atoms with Crippen LogP contribution >= 0.6 is 0 Å². The van der Waals surface area contributed by atoms with Gasteiger partial charge in [0.05, 0.1) is 0 Å². The fourth-order valence-corrected chi connectivity index (χ4v) is 3.01. The molecule has 0 aromatic heterocycles. The van der Waals surface area contributed by atoms with Crippen LogP contribution in [0, 0.1) is 23.7 Å². The van der Waals surface area contributed by atoms with Crippen LogP contribution in [0.5, 0.6) is 0 Å². The molecule has 2 aliphatic rings. The maximum absolute atomic E-state index is 11.8. The standard InChI is InChI=1S/C14H25NO/c1-9(2)12-7-4-10(3)8-13(12)15-14(16)11-5-6-11/h9-13H,4-8H2,1-3H3,(H,15,16)/t10-,12-,13+/m0/s1. The summed E-state index contributed by atoms with van der Waals surface area (Å²) in [5.74, 6) is 2.84. The Hall–Kier alpha value is -0.530. The fourth-order valence-electron chi connectivity index (χ4n) is 3.01. The lowest BCUT2D eigenvalue weighted by molar-refractivity contribution is -0.123. The molecule has 0 bridgehead atoms. The van der Waals surface area contributed by atoms with Crippen molar-refractivity contribution in [2.75, 3.05) is 0 Å². The van der Waals surface area contributed by atoms with Crippen LogP contribution in [0.2, 0.25) is 0 Å². The molecule has 0 spiro atoms. The van der Waals surface area contributed by atoms with Gasteiger partial charge in [0.1, 0.15) is 0 Å². The average Bonchev–Trinajstić information content (AvgIpc) is 2.99. The van der Waals surface area contributed by atoms with Crippen molar-refractivity contribution in [2.45, 2.75) is 58.9 Å². The summed E-state index contributed by atoms with van der Waals surface area (Å²) in [6.45, 7) is 6.89. The lowest BCUT2D eigenvalue weighted by atomic mass is 9.74. The van der Waals surface area contributed by atoms with Gasteiger partial charge in [-0.3, -0.25) is 4.79 Å². The zero-order chi connectivity index (χ0) is 11.7. The maximum Gasteiger partial charge on any atom is 0.223 e. The Morgan fingerprint density at radius 2 is 1.88 bits per heavy atom. The molecular weight excluding hydrogens is 198 g/mol. The van der Waals surface area contributed by atoms with E-state index in [4.69, 9.17) is 0 Å². The average molecular weight is 223 g/mol. The third kappa shape index (κ3) is 2.78. The molecule has 2 rings (SSSR count). The van der Waals surface area contributed by atoms with Gasteiger partial charge < -0.3 is 5.32 Å². The van der Waals surface area contributed by atoms with E-state index >= 15 is 0 Å². The molecule has 0 aromatic carbocycles. The molecule has 0 radical (unpaired) electrons. The Balaban J connectivity index is 1.93. The lowest BCUT2D eigenvalue weighted by Gasteiger charge is -2.37. The second kappa shape index (κ2) is 4.77. The van der Waals surface area contributed by atoms with Crippen LogP contribution < -0.4 is 5.32 Å². The van der Waals surface area contributed by atoms with Crippen molar-refractivity contribution in [1.29, 1.82) is 0 Å². The molecule has 2 heteroatoms. The highest BCUT2D eigenvalue weighted by molar-refractivity contribution is 5.81. The number of carbonyl (C=O) groups is 1. The van der Waals surface area contributed by atoms with Crippen LogP contribution in [0.1, 0.15) is 52.9 Å². The minimum absolute atomic E-state index is 0.324. The van der Waals surface area contributed by atoms with E-state index in [9.17, 15) is 4.79 Å². The van der Waals surface area contributed by atoms with Crippen molar-refractivity contribution in [3.63, 3.8) is 0 Å². The van der Waals surface area contributed by atoms with Crippen molar-refractivity contribution in [1.82, 2.24) is 5.32 Å². The molecule has 16 heavy (non-hydrogen) atoms. The molecule has 92 valence electrons. The molecule has 1 N–H and O–H groups in total. The van der Waals surface area contributed by atoms with Crippen LogP contribution in [0.25, 0.3) is 0 Å². The third-order valence-corrected chi connectivity index (χ3v) is 4.30. The molecular formula is C14H25NO. The van der Waals surface area contributed by atoms with Crippen LogP contribution in [-0.2, 0) is 4.79 Å². The number of rotatable bonds is 3. The topological polar surface area (TPSA) is 29.1 Å². The summed E-state index contributed by atoms with van der Waals surface area (Å²) < 4.78 is 0. The van der Waals surface area contributed by atoms with E-state index in [0.717, 1.165) is 18.8 Å². The van der Waals surface area contributed by atoms with E-state index in [1.54, 1.807) is 0 Å². The Kier molecular flexibility index (Phi) is 3.56. The third-order valence-electron chi connectivity index (χ3n) is 4.30. The van der Waals surface area contributed by atoms with Crippen molar-refractivity contribution in [3.8, 4) is 0 Å². The first-order valence-electron chi connectivity index (χ1n) is 6.88. The van der Waals surface area contributed by atoms with Gasteiger partial charge in [-0.1, -0.05) is 27.2 Å². The highest BCUT2D eigenvalue weighted by atomic mass is 16.2. The number of nitrogens with one attached hydrogen (secondary N) is 1. The largest absolute Gasteiger partial charge is 0.353 e. The number of amides is 1. The predicted molar refractivity (Wildman–Crippen MR) is 66.0 cm³/mol. The van der Waals surface area contributed by atoms with E-state index in [1.165, 1.54) is 19.3 Å². The van der Waals surface area contributed by atoms with Gasteiger partial charge in [0, 0.05) is 12.0 Å². The first-order chi connectivity index (χ1) is 7.58. The minimum Gasteiger partial charge on any atom is -0.353 e. The number of hydrogen-bond donors (Lipinski definition) is 1. The van der Waals surface area contributed by atoms with Crippen LogP contribution in [0.15, 0.2) is 0 Å². The molecule has 2 saturated carbocycles. The zero-order valence-corrected chi connectivity index (χ0v) is 10.8. The Bertz CT molecular complexity index is 257. The normalized spacial score (nSPS) is 35.1. The summed E-state index contributed by atoms with van der Waals surface area (Å²) in [6, 6.07) is 0.442. The smallest absolute Gasteiger partial charge is 0.223 e. The van der Waals surface area contributed by atoms with Gasteiger partial charge in [0.25, 0.3) is 0 Å². The van der Waals surface area contributed by atoms with Crippen LogP contribution in [0.3, 0.4) is 0 Å². The summed E-state index contributed by atoms with van der Waals surface area (Å²) in [7, 11) is 0. The number of hydrogen-bond acceptors (Lipinski definition) is 1. The molecule has 3 atom stereocenters. The molecule has 0 aliphatic heterocycles. The summed E-state index contributed by atoms with van der Waals surface area (Å²) in [6.07, 6.45) is 6.02. The Labute approximate surface area is 99.2 Å². The Morgan fingerprint density at radius 3 is 2.44 bits per heavy atom. The maximum atomic E-state index is 11.8. The van der Waals surface area contributed by atoms with E-state index in [0.29, 0.717) is 29.7 Å². The second-order valence-corrected chi connectivity index (χ2v) is 6.22. The lowest BCUT2D eigenvalue weighted by Crippen LogP contribution is -2.46. The SMILES string of the molecule is CC(C)[C@@H]1CC[C@H](C)C[C@H]1NC(=O)C1CC1. The summed E-state index contributed by atoms with van der Waals surface area (Å²) in [5.41, 5.74) is 0. The first kappa shape index (κ1) is 11.9. The second-order valence-electron chi connectivity index (χ2n) is 6.22. The van der Waals surface area contributed by atoms with Crippen molar-refractivity contribution in [2.24, 2.45) is 23.7 Å². The quantitative estimate of drug-likeness (QED) is 0.783. The highest BCUT2D eigenvalue weighted by Gasteiger charge is 2.35. The summed E-state index contributed by atoms with van der Waals surface area (Å²) in [5, 5.41) is 3.30. The van der Waals surface area contributed by atoms with Crippen LogP contribution in [0.4, 0.5) is 0 Å². The Morgan fingerprint density at radius 1 is 1.19 bits per heavy atom. The van der Waals surface area contributed by atoms with Gasteiger partial charge in [0.15, 0.2) is 0 Å². The van der Waals surface area contributed by atoms with E-state index in [2.05, 4.69) is 26.1 Å². The molecule has 2 aliphatic carbocycles. The fraction of sp³-hybridized carbons (Fsp3) is 0.929.